The van der Waals surface area contributed by atoms with Crippen molar-refractivity contribution in [1.82, 2.24) is 15.0 Å². The Labute approximate surface area is 163 Å². The van der Waals surface area contributed by atoms with E-state index in [2.05, 4.69) is 38.7 Å². The maximum atomic E-state index is 11.1. The van der Waals surface area contributed by atoms with Gasteiger partial charge in [0.25, 0.3) is 0 Å². The topological polar surface area (TPSA) is 87.6 Å². The van der Waals surface area contributed by atoms with Gasteiger partial charge in [0.2, 0.25) is 0 Å². The number of nitrogens with one attached hydrogen (secondary N) is 1. The number of aromatic amines is 1. The second kappa shape index (κ2) is 7.28. The Morgan fingerprint density at radius 1 is 1.04 bits per heavy atom. The number of quaternary nitrogens is 1. The largest absolute Gasteiger partial charge is 0.346 e. The highest BCUT2D eigenvalue weighted by molar-refractivity contribution is 5.79. The molecule has 0 radical (unpaired) electrons. The molecule has 1 fully saturated rings. The van der Waals surface area contributed by atoms with Crippen LogP contribution < -0.4 is 5.32 Å². The molecule has 142 valence electrons. The average Bonchev–Trinajstić information content (AvgIpc) is 3.39. The quantitative estimate of drug-likeness (QED) is 0.687. The minimum atomic E-state index is -0.197. The number of H-pyrrole nitrogens is 1. The summed E-state index contributed by atoms with van der Waals surface area (Å²) in [5, 5.41) is 5.66. The molecule has 2 aromatic heterocycles. The smallest absolute Gasteiger partial charge is 0.117 e. The van der Waals surface area contributed by atoms with Crippen LogP contribution in [0, 0.1) is 4.91 Å². The zero-order chi connectivity index (χ0) is 18.9. The van der Waals surface area contributed by atoms with Gasteiger partial charge in [-0.3, -0.25) is 4.98 Å². The summed E-state index contributed by atoms with van der Waals surface area (Å²) in [6.07, 6.45) is 7.65. The number of fused-ring (bicyclic) bond motifs is 1. The van der Waals surface area contributed by atoms with Crippen LogP contribution in [0.25, 0.3) is 22.5 Å². The third-order valence-corrected chi connectivity index (χ3v) is 6.11. The summed E-state index contributed by atoms with van der Waals surface area (Å²) in [6, 6.07) is 10.2. The van der Waals surface area contributed by atoms with Gasteiger partial charge in [-0.1, -0.05) is 17.3 Å². The van der Waals surface area contributed by atoms with Crippen molar-refractivity contribution in [2.45, 2.75) is 37.6 Å². The van der Waals surface area contributed by atoms with E-state index in [-0.39, 0.29) is 6.04 Å². The summed E-state index contributed by atoms with van der Waals surface area (Å²) in [6.45, 7) is 2.31. The van der Waals surface area contributed by atoms with Crippen molar-refractivity contribution in [3.63, 3.8) is 0 Å². The number of aryl methyl sites for hydroxylation is 1. The highest BCUT2D eigenvalue weighted by atomic mass is 16.3. The number of nitroso groups, excluding NO2 is 1. The molecule has 3 aromatic rings. The summed E-state index contributed by atoms with van der Waals surface area (Å²) >= 11 is 0. The molecule has 1 saturated heterocycles. The second-order valence-electron chi connectivity index (χ2n) is 7.80. The first-order valence-corrected chi connectivity index (χ1v) is 10.1. The molecule has 1 aliphatic heterocycles. The molecular formula is C22H24N5O+. The molecule has 1 unspecified atom stereocenters. The van der Waals surface area contributed by atoms with Crippen molar-refractivity contribution in [3.05, 3.63) is 64.6 Å². The summed E-state index contributed by atoms with van der Waals surface area (Å²) in [7, 11) is 0. The zero-order valence-corrected chi connectivity index (χ0v) is 15.8. The van der Waals surface area contributed by atoms with E-state index in [1.807, 2.05) is 24.5 Å². The number of hydrogen-bond donors (Lipinski definition) is 2. The fourth-order valence-corrected chi connectivity index (χ4v) is 4.57. The third-order valence-electron chi connectivity index (χ3n) is 6.11. The van der Waals surface area contributed by atoms with Gasteiger partial charge in [-0.15, -0.1) is 0 Å². The lowest BCUT2D eigenvalue weighted by Gasteiger charge is -2.17. The predicted octanol–water partition coefficient (Wildman–Crippen LogP) is 3.33. The molecule has 5 rings (SSSR count). The lowest BCUT2D eigenvalue weighted by Crippen LogP contribution is -2.86. The molecule has 28 heavy (non-hydrogen) atoms. The number of rotatable bonds is 4. The Bertz CT molecular complexity index is 991. The molecule has 3 N–H and O–H groups in total. The number of imidazole rings is 1. The van der Waals surface area contributed by atoms with E-state index in [0.29, 0.717) is 5.92 Å². The van der Waals surface area contributed by atoms with Crippen molar-refractivity contribution < 1.29 is 5.32 Å². The Morgan fingerprint density at radius 3 is 2.64 bits per heavy atom. The van der Waals surface area contributed by atoms with Crippen molar-refractivity contribution >= 4 is 0 Å². The first-order chi connectivity index (χ1) is 13.8. The van der Waals surface area contributed by atoms with Crippen LogP contribution in [0.2, 0.25) is 0 Å². The number of pyridine rings is 1. The van der Waals surface area contributed by atoms with Crippen molar-refractivity contribution in [2.24, 2.45) is 5.18 Å². The van der Waals surface area contributed by atoms with Crippen LogP contribution in [0.3, 0.4) is 0 Å². The normalized spacial score (nSPS) is 19.5. The summed E-state index contributed by atoms with van der Waals surface area (Å²) in [5.74, 6) is 1.57. The van der Waals surface area contributed by atoms with Gasteiger partial charge in [0, 0.05) is 42.3 Å². The molecule has 6 heteroatoms. The first kappa shape index (κ1) is 17.3. The van der Waals surface area contributed by atoms with Gasteiger partial charge < -0.3 is 10.3 Å². The number of benzene rings is 1. The molecule has 0 spiro atoms. The van der Waals surface area contributed by atoms with Crippen LogP contribution in [0.1, 0.15) is 48.2 Å². The lowest BCUT2D eigenvalue weighted by molar-refractivity contribution is -0.663. The maximum absolute atomic E-state index is 11.1. The molecule has 1 aromatic carbocycles. The number of hydrogen-bond acceptors (Lipinski definition) is 4. The molecule has 6 nitrogen and oxygen atoms in total. The molecule has 0 saturated carbocycles. The number of aromatic nitrogens is 3. The van der Waals surface area contributed by atoms with Gasteiger partial charge in [0.05, 0.1) is 24.5 Å². The van der Waals surface area contributed by atoms with Crippen molar-refractivity contribution in [1.29, 1.82) is 0 Å². The fourth-order valence-electron chi connectivity index (χ4n) is 4.57. The van der Waals surface area contributed by atoms with Crippen molar-refractivity contribution in [2.75, 3.05) is 13.1 Å². The van der Waals surface area contributed by atoms with Gasteiger partial charge >= 0.3 is 0 Å². The summed E-state index contributed by atoms with van der Waals surface area (Å²) in [5.41, 5.74) is 6.53. The zero-order valence-electron chi connectivity index (χ0n) is 15.8. The molecular weight excluding hydrogens is 350 g/mol. The van der Waals surface area contributed by atoms with Crippen LogP contribution in [0.5, 0.6) is 0 Å². The van der Waals surface area contributed by atoms with E-state index in [4.69, 9.17) is 4.98 Å². The van der Waals surface area contributed by atoms with E-state index in [9.17, 15) is 4.91 Å². The van der Waals surface area contributed by atoms with Crippen molar-refractivity contribution in [3.8, 4) is 22.5 Å². The molecule has 1 aliphatic carbocycles. The van der Waals surface area contributed by atoms with Crippen LogP contribution >= 0.6 is 0 Å². The first-order valence-electron chi connectivity index (χ1n) is 10.1. The number of nitrogens with zero attached hydrogens (tertiary/aromatic N) is 3. The molecule has 0 bridgehead atoms. The van der Waals surface area contributed by atoms with E-state index in [1.54, 1.807) is 0 Å². The van der Waals surface area contributed by atoms with E-state index < -0.39 is 0 Å². The van der Waals surface area contributed by atoms with Crippen LogP contribution in [-0.2, 0) is 6.42 Å². The van der Waals surface area contributed by atoms with E-state index in [1.165, 1.54) is 5.56 Å². The summed E-state index contributed by atoms with van der Waals surface area (Å²) < 4.78 is 0. The molecule has 2 aliphatic rings. The summed E-state index contributed by atoms with van der Waals surface area (Å²) in [4.78, 5) is 23.9. The number of piperidine rings is 1. The van der Waals surface area contributed by atoms with E-state index in [0.717, 1.165) is 72.7 Å². The Hall–Kier alpha value is -2.86. The molecule has 3 heterocycles. The Balaban J connectivity index is 1.60. The standard InChI is InChI=1S/C22H23N5O/c28-27-19-4-2-16-13-17(1-3-18(16)19)21-20(14-5-9-23-10-6-14)25-22(26-21)15-7-11-24-12-8-15/h1,3,5-6,9-10,13,15,19,24H,2,4,7-8,11-12H2,(H,25,26)/p+1. The minimum absolute atomic E-state index is 0.197. The third kappa shape index (κ3) is 3.03. The molecule has 1 atom stereocenters. The maximum Gasteiger partial charge on any atom is 0.117 e. The van der Waals surface area contributed by atoms with Crippen LogP contribution in [0.15, 0.2) is 47.9 Å². The SMILES string of the molecule is O=NC1CCc2cc(-c3nc(C4CC[NH2+]CC4)[nH]c3-c3ccncc3)ccc21. The van der Waals surface area contributed by atoms with Crippen LogP contribution in [0.4, 0.5) is 0 Å². The number of nitrogens with two attached hydrogens (primary N) is 1. The van der Waals surface area contributed by atoms with Gasteiger partial charge in [0.15, 0.2) is 0 Å². The predicted molar refractivity (Wildman–Crippen MR) is 108 cm³/mol. The van der Waals surface area contributed by atoms with E-state index >= 15 is 0 Å². The highest BCUT2D eigenvalue weighted by Crippen LogP contribution is 2.39. The Kier molecular flexibility index (Phi) is 4.49. The Morgan fingerprint density at radius 2 is 1.86 bits per heavy atom. The van der Waals surface area contributed by atoms with Gasteiger partial charge in [-0.25, -0.2) is 4.98 Å². The average molecular weight is 374 g/mol. The highest BCUT2D eigenvalue weighted by Gasteiger charge is 2.26. The molecule has 0 amide bonds. The van der Waals surface area contributed by atoms with Gasteiger partial charge in [-0.05, 0) is 42.2 Å². The monoisotopic (exact) mass is 374 g/mol. The lowest BCUT2D eigenvalue weighted by atomic mass is 9.97. The minimum Gasteiger partial charge on any atom is -0.346 e. The second-order valence-corrected chi connectivity index (χ2v) is 7.80. The van der Waals surface area contributed by atoms with Crippen LogP contribution in [-0.4, -0.2) is 28.0 Å². The fraction of sp³-hybridized carbons (Fsp3) is 0.364. The van der Waals surface area contributed by atoms with Gasteiger partial charge in [-0.2, -0.15) is 4.91 Å². The van der Waals surface area contributed by atoms with Gasteiger partial charge in [0.1, 0.15) is 11.9 Å².